The molecule has 148 valence electrons. The van der Waals surface area contributed by atoms with E-state index in [1.54, 1.807) is 13.0 Å². The van der Waals surface area contributed by atoms with Gasteiger partial charge in [-0.2, -0.15) is 4.31 Å². The summed E-state index contributed by atoms with van der Waals surface area (Å²) in [4.78, 5) is 23.0. The van der Waals surface area contributed by atoms with Gasteiger partial charge in [0, 0.05) is 36.5 Å². The van der Waals surface area contributed by atoms with Crippen molar-refractivity contribution in [3.63, 3.8) is 0 Å². The zero-order valence-corrected chi connectivity index (χ0v) is 16.2. The number of hydrogen-bond donors (Lipinski definition) is 1. The minimum Gasteiger partial charge on any atom is -0.377 e. The third kappa shape index (κ3) is 4.20. The van der Waals surface area contributed by atoms with E-state index in [0.29, 0.717) is 24.3 Å². The van der Waals surface area contributed by atoms with E-state index in [4.69, 9.17) is 0 Å². The molecule has 0 saturated carbocycles. The van der Waals surface area contributed by atoms with Crippen molar-refractivity contribution in [1.29, 1.82) is 0 Å². The maximum atomic E-state index is 12.5. The van der Waals surface area contributed by atoms with Crippen molar-refractivity contribution in [2.45, 2.75) is 24.7 Å². The van der Waals surface area contributed by atoms with Gasteiger partial charge < -0.3 is 5.32 Å². The Balaban J connectivity index is 1.69. The van der Waals surface area contributed by atoms with Crippen LogP contribution in [0.15, 0.2) is 47.4 Å². The van der Waals surface area contributed by atoms with Gasteiger partial charge in [0.1, 0.15) is 0 Å². The number of sulfonamides is 1. The fraction of sp³-hybridized carbons (Fsp3) is 0.316. The highest BCUT2D eigenvalue weighted by Gasteiger charge is 2.27. The van der Waals surface area contributed by atoms with E-state index in [-0.39, 0.29) is 22.9 Å². The average molecular weight is 403 g/mol. The molecule has 3 rings (SSSR count). The first-order valence-electron chi connectivity index (χ1n) is 8.91. The zero-order valence-electron chi connectivity index (χ0n) is 15.4. The first-order valence-corrected chi connectivity index (χ1v) is 10.4. The summed E-state index contributed by atoms with van der Waals surface area (Å²) in [6, 6.07) is 10.3. The third-order valence-electron chi connectivity index (χ3n) is 4.75. The van der Waals surface area contributed by atoms with Gasteiger partial charge in [0.25, 0.3) is 5.69 Å². The van der Waals surface area contributed by atoms with E-state index < -0.39 is 14.9 Å². The van der Waals surface area contributed by atoms with Crippen LogP contribution in [0.2, 0.25) is 0 Å². The van der Waals surface area contributed by atoms with Crippen molar-refractivity contribution in [3.8, 4) is 0 Å². The molecule has 1 fully saturated rings. The van der Waals surface area contributed by atoms with E-state index in [9.17, 15) is 23.3 Å². The fourth-order valence-corrected chi connectivity index (χ4v) is 4.60. The Hall–Kier alpha value is -2.78. The second-order valence-electron chi connectivity index (χ2n) is 6.67. The van der Waals surface area contributed by atoms with Crippen molar-refractivity contribution in [2.75, 3.05) is 25.0 Å². The van der Waals surface area contributed by atoms with Gasteiger partial charge >= 0.3 is 0 Å². The van der Waals surface area contributed by atoms with Crippen LogP contribution in [0, 0.1) is 17.0 Å². The summed E-state index contributed by atoms with van der Waals surface area (Å²) in [5.74, 6) is -0.240. The second-order valence-corrected chi connectivity index (χ2v) is 8.61. The molecule has 28 heavy (non-hydrogen) atoms. The predicted molar refractivity (Wildman–Crippen MR) is 105 cm³/mol. The minimum atomic E-state index is -3.51. The number of non-ortho nitro benzene ring substituents is 1. The monoisotopic (exact) mass is 403 g/mol. The zero-order chi connectivity index (χ0) is 20.3. The molecule has 1 N–H and O–H groups in total. The van der Waals surface area contributed by atoms with Gasteiger partial charge in [0.15, 0.2) is 5.78 Å². The summed E-state index contributed by atoms with van der Waals surface area (Å²) in [5.41, 5.74) is 1.61. The average Bonchev–Trinajstić information content (AvgIpc) is 3.22. The molecule has 2 aromatic rings. The summed E-state index contributed by atoms with van der Waals surface area (Å²) in [5, 5.41) is 13.8. The number of carbonyl (C=O) groups is 1. The number of benzene rings is 2. The molecule has 0 radical (unpaired) electrons. The molecule has 8 nitrogen and oxygen atoms in total. The molecule has 0 atom stereocenters. The Labute approximate surface area is 163 Å². The Kier molecular flexibility index (Phi) is 5.76. The van der Waals surface area contributed by atoms with Gasteiger partial charge in [-0.15, -0.1) is 0 Å². The van der Waals surface area contributed by atoms with E-state index in [2.05, 4.69) is 5.32 Å². The molecule has 1 heterocycles. The topological polar surface area (TPSA) is 110 Å². The number of nitrogens with one attached hydrogen (secondary N) is 1. The number of nitrogens with zero attached hydrogens (tertiary/aromatic N) is 2. The SMILES string of the molecule is Cc1ccc([N+](=O)[O-])cc1NCC(=O)c1ccc(S(=O)(=O)N2CCCC2)cc1. The number of nitro groups is 1. The third-order valence-corrected chi connectivity index (χ3v) is 6.66. The van der Waals surface area contributed by atoms with Gasteiger partial charge in [-0.25, -0.2) is 8.42 Å². The standard InChI is InChI=1S/C19H21N3O5S/c1-14-4-7-16(22(24)25)12-18(14)20-13-19(23)15-5-8-17(9-6-15)28(26,27)21-10-2-3-11-21/h4-9,12,20H,2-3,10-11,13H2,1H3. The molecule has 0 aromatic heterocycles. The molecule has 0 aliphatic carbocycles. The smallest absolute Gasteiger partial charge is 0.271 e. The summed E-state index contributed by atoms with van der Waals surface area (Å²) in [6.45, 7) is 2.78. The summed E-state index contributed by atoms with van der Waals surface area (Å²) >= 11 is 0. The van der Waals surface area contributed by atoms with Crippen LogP contribution in [0.1, 0.15) is 28.8 Å². The van der Waals surface area contributed by atoms with Crippen molar-refractivity contribution in [3.05, 3.63) is 63.7 Å². The molecule has 0 bridgehead atoms. The van der Waals surface area contributed by atoms with E-state index >= 15 is 0 Å². The van der Waals surface area contributed by atoms with Crippen LogP contribution in [-0.2, 0) is 10.0 Å². The lowest BCUT2D eigenvalue weighted by Gasteiger charge is -2.15. The van der Waals surface area contributed by atoms with Crippen molar-refractivity contribution in [1.82, 2.24) is 4.31 Å². The van der Waals surface area contributed by atoms with Gasteiger partial charge in [-0.05, 0) is 49.6 Å². The van der Waals surface area contributed by atoms with Crippen LogP contribution < -0.4 is 5.32 Å². The quantitative estimate of drug-likeness (QED) is 0.432. The molecule has 9 heteroatoms. The molecule has 0 spiro atoms. The molecular formula is C19H21N3O5S. The summed E-state index contributed by atoms with van der Waals surface area (Å²) < 4.78 is 26.5. The van der Waals surface area contributed by atoms with Crippen LogP contribution in [-0.4, -0.2) is 43.1 Å². The van der Waals surface area contributed by atoms with Crippen LogP contribution in [0.25, 0.3) is 0 Å². The minimum absolute atomic E-state index is 0.0553. The lowest BCUT2D eigenvalue weighted by molar-refractivity contribution is -0.384. The Morgan fingerprint density at radius 2 is 1.79 bits per heavy atom. The molecule has 1 saturated heterocycles. The van der Waals surface area contributed by atoms with Gasteiger partial charge in [-0.3, -0.25) is 14.9 Å². The lowest BCUT2D eigenvalue weighted by Crippen LogP contribution is -2.27. The van der Waals surface area contributed by atoms with Crippen LogP contribution in [0.5, 0.6) is 0 Å². The maximum Gasteiger partial charge on any atom is 0.271 e. The van der Waals surface area contributed by atoms with E-state index in [0.717, 1.165) is 18.4 Å². The predicted octanol–water partition coefficient (Wildman–Crippen LogP) is 2.98. The number of ketones is 1. The van der Waals surface area contributed by atoms with Crippen LogP contribution in [0.3, 0.4) is 0 Å². The maximum absolute atomic E-state index is 12.5. The first kappa shape index (κ1) is 20.0. The van der Waals surface area contributed by atoms with Crippen molar-refractivity contribution >= 4 is 27.2 Å². The van der Waals surface area contributed by atoms with Crippen molar-refractivity contribution < 1.29 is 18.1 Å². The molecule has 2 aromatic carbocycles. The molecule has 1 aliphatic rings. The number of hydrogen-bond acceptors (Lipinski definition) is 6. The largest absolute Gasteiger partial charge is 0.377 e. The molecular weight excluding hydrogens is 382 g/mol. The highest BCUT2D eigenvalue weighted by molar-refractivity contribution is 7.89. The number of anilines is 1. The van der Waals surface area contributed by atoms with Gasteiger partial charge in [0.05, 0.1) is 16.4 Å². The Bertz CT molecular complexity index is 997. The number of nitro benzene ring substituents is 1. The molecule has 0 unspecified atom stereocenters. The van der Waals surface area contributed by atoms with E-state index in [1.165, 1.54) is 40.7 Å². The fourth-order valence-electron chi connectivity index (χ4n) is 3.08. The number of Topliss-reactive ketones (excluding diaryl/α,β-unsaturated/α-hetero) is 1. The molecule has 1 aliphatic heterocycles. The highest BCUT2D eigenvalue weighted by atomic mass is 32.2. The normalized spacial score (nSPS) is 14.8. The Morgan fingerprint density at radius 3 is 2.39 bits per heavy atom. The van der Waals surface area contributed by atoms with E-state index in [1.807, 2.05) is 0 Å². The summed E-state index contributed by atoms with van der Waals surface area (Å²) in [6.07, 6.45) is 1.72. The van der Waals surface area contributed by atoms with Gasteiger partial charge in [-0.1, -0.05) is 6.07 Å². The number of aryl methyl sites for hydroxylation is 1. The first-order chi connectivity index (χ1) is 13.3. The van der Waals surface area contributed by atoms with Crippen molar-refractivity contribution in [2.24, 2.45) is 0 Å². The van der Waals surface area contributed by atoms with Crippen LogP contribution in [0.4, 0.5) is 11.4 Å². The Morgan fingerprint density at radius 1 is 1.14 bits per heavy atom. The van der Waals surface area contributed by atoms with Crippen LogP contribution >= 0.6 is 0 Å². The lowest BCUT2D eigenvalue weighted by atomic mass is 10.1. The molecule has 0 amide bonds. The number of carbonyl (C=O) groups excluding carboxylic acids is 1. The highest BCUT2D eigenvalue weighted by Crippen LogP contribution is 2.23. The van der Waals surface area contributed by atoms with Gasteiger partial charge in [0.2, 0.25) is 10.0 Å². The number of rotatable bonds is 7. The second kappa shape index (κ2) is 8.07. The summed E-state index contributed by atoms with van der Waals surface area (Å²) in [7, 11) is -3.51.